The maximum absolute atomic E-state index is 12.0. The van der Waals surface area contributed by atoms with Crippen LogP contribution in [-0.4, -0.2) is 26.5 Å². The fourth-order valence-corrected chi connectivity index (χ4v) is 3.04. The number of benzene rings is 1. The highest BCUT2D eigenvalue weighted by molar-refractivity contribution is 7.89. The fraction of sp³-hybridized carbons (Fsp3) is 0.455. The van der Waals surface area contributed by atoms with Gasteiger partial charge in [0, 0.05) is 13.1 Å². The Morgan fingerprint density at radius 3 is 2.56 bits per heavy atom. The Bertz CT molecular complexity index is 465. The Balaban J connectivity index is 2.18. The van der Waals surface area contributed by atoms with E-state index >= 15 is 0 Å². The van der Waals surface area contributed by atoms with Gasteiger partial charge >= 0.3 is 0 Å². The van der Waals surface area contributed by atoms with Gasteiger partial charge in [-0.05, 0) is 37.5 Å². The van der Waals surface area contributed by atoms with E-state index in [1.54, 1.807) is 23.2 Å². The SMILES string of the molecule is Cc1cccc(S(=O)(=O)NN2CCCC2)c1. The first-order valence-corrected chi connectivity index (χ1v) is 6.90. The molecular formula is C11H16N2O2S. The van der Waals surface area contributed by atoms with Crippen molar-refractivity contribution in [3.8, 4) is 0 Å². The predicted octanol–water partition coefficient (Wildman–Crippen LogP) is 1.28. The molecule has 16 heavy (non-hydrogen) atoms. The zero-order valence-corrected chi connectivity index (χ0v) is 10.1. The fourth-order valence-electron chi connectivity index (χ4n) is 1.81. The van der Waals surface area contributed by atoms with Crippen LogP contribution in [-0.2, 0) is 10.0 Å². The van der Waals surface area contributed by atoms with Crippen LogP contribution in [0.3, 0.4) is 0 Å². The molecule has 1 aliphatic rings. The van der Waals surface area contributed by atoms with Crippen molar-refractivity contribution in [2.75, 3.05) is 13.1 Å². The lowest BCUT2D eigenvalue weighted by molar-refractivity contribution is 0.300. The van der Waals surface area contributed by atoms with Gasteiger partial charge in [0.2, 0.25) is 0 Å². The summed E-state index contributed by atoms with van der Waals surface area (Å²) >= 11 is 0. The summed E-state index contributed by atoms with van der Waals surface area (Å²) in [5, 5.41) is 1.76. The minimum Gasteiger partial charge on any atom is -0.230 e. The van der Waals surface area contributed by atoms with Gasteiger partial charge in [0.05, 0.1) is 4.90 Å². The molecule has 0 aromatic heterocycles. The average molecular weight is 240 g/mol. The normalized spacial score (nSPS) is 17.8. The molecule has 0 radical (unpaired) electrons. The standard InChI is InChI=1S/C11H16N2O2S/c1-10-5-4-6-11(9-10)16(14,15)12-13-7-2-3-8-13/h4-6,9,12H,2-3,7-8H2,1H3. The van der Waals surface area contributed by atoms with E-state index in [9.17, 15) is 8.42 Å². The Kier molecular flexibility index (Phi) is 3.28. The Hall–Kier alpha value is -0.910. The molecule has 4 nitrogen and oxygen atoms in total. The van der Waals surface area contributed by atoms with Gasteiger partial charge in [-0.2, -0.15) is 0 Å². The molecule has 1 saturated heterocycles. The lowest BCUT2D eigenvalue weighted by Crippen LogP contribution is -2.39. The molecule has 0 amide bonds. The van der Waals surface area contributed by atoms with Crippen LogP contribution in [0.1, 0.15) is 18.4 Å². The summed E-state index contributed by atoms with van der Waals surface area (Å²) in [6, 6.07) is 6.94. The molecule has 1 fully saturated rings. The number of hydrogen-bond acceptors (Lipinski definition) is 3. The number of sulfonamides is 1. The molecular weight excluding hydrogens is 224 g/mol. The van der Waals surface area contributed by atoms with Crippen molar-refractivity contribution in [1.82, 2.24) is 9.84 Å². The number of nitrogens with one attached hydrogen (secondary N) is 1. The molecule has 1 N–H and O–H groups in total. The van der Waals surface area contributed by atoms with Crippen molar-refractivity contribution in [3.05, 3.63) is 29.8 Å². The third kappa shape index (κ3) is 2.61. The van der Waals surface area contributed by atoms with Crippen LogP contribution in [0.4, 0.5) is 0 Å². The van der Waals surface area contributed by atoms with Crippen molar-refractivity contribution < 1.29 is 8.42 Å². The van der Waals surface area contributed by atoms with Gasteiger partial charge in [-0.25, -0.2) is 13.4 Å². The van der Waals surface area contributed by atoms with Crippen molar-refractivity contribution in [1.29, 1.82) is 0 Å². The van der Waals surface area contributed by atoms with Crippen molar-refractivity contribution in [2.24, 2.45) is 0 Å². The first kappa shape index (κ1) is 11.6. The van der Waals surface area contributed by atoms with Crippen molar-refractivity contribution in [2.45, 2.75) is 24.7 Å². The maximum atomic E-state index is 12.0. The van der Waals surface area contributed by atoms with Crippen molar-refractivity contribution >= 4 is 10.0 Å². The minimum absolute atomic E-state index is 0.333. The highest BCUT2D eigenvalue weighted by atomic mass is 32.2. The average Bonchev–Trinajstić information content (AvgIpc) is 2.70. The number of hydrogen-bond donors (Lipinski definition) is 1. The topological polar surface area (TPSA) is 49.4 Å². The molecule has 1 aromatic carbocycles. The molecule has 0 spiro atoms. The molecule has 1 aromatic rings. The van der Waals surface area contributed by atoms with E-state index in [1.807, 2.05) is 13.0 Å². The summed E-state index contributed by atoms with van der Waals surface area (Å²) in [6.45, 7) is 3.48. The van der Waals surface area contributed by atoms with Crippen LogP contribution >= 0.6 is 0 Å². The predicted molar refractivity (Wildman–Crippen MR) is 62.3 cm³/mol. The number of hydrazine groups is 1. The lowest BCUT2D eigenvalue weighted by atomic mass is 10.2. The van der Waals surface area contributed by atoms with Gasteiger partial charge in [0.15, 0.2) is 0 Å². The van der Waals surface area contributed by atoms with E-state index in [-0.39, 0.29) is 0 Å². The zero-order chi connectivity index (χ0) is 11.6. The highest BCUT2D eigenvalue weighted by Gasteiger charge is 2.20. The van der Waals surface area contributed by atoms with Gasteiger partial charge in [-0.15, -0.1) is 4.83 Å². The Morgan fingerprint density at radius 2 is 1.94 bits per heavy atom. The lowest BCUT2D eigenvalue weighted by Gasteiger charge is -2.16. The molecule has 0 bridgehead atoms. The number of nitrogens with zero attached hydrogens (tertiary/aromatic N) is 1. The molecule has 1 heterocycles. The van der Waals surface area contributed by atoms with E-state index in [4.69, 9.17) is 0 Å². The third-order valence-electron chi connectivity index (χ3n) is 2.66. The van der Waals surface area contributed by atoms with E-state index in [2.05, 4.69) is 4.83 Å². The van der Waals surface area contributed by atoms with E-state index < -0.39 is 10.0 Å². The van der Waals surface area contributed by atoms with Crippen LogP contribution in [0.2, 0.25) is 0 Å². The van der Waals surface area contributed by atoms with Crippen molar-refractivity contribution in [3.63, 3.8) is 0 Å². The second-order valence-corrected chi connectivity index (χ2v) is 5.77. The van der Waals surface area contributed by atoms with E-state index in [0.29, 0.717) is 4.90 Å². The second kappa shape index (κ2) is 4.53. The Morgan fingerprint density at radius 1 is 1.25 bits per heavy atom. The third-order valence-corrected chi connectivity index (χ3v) is 4.03. The number of rotatable bonds is 3. The first-order valence-electron chi connectivity index (χ1n) is 5.42. The van der Waals surface area contributed by atoms with Crippen LogP contribution < -0.4 is 4.83 Å². The molecule has 5 heteroatoms. The Labute approximate surface area is 96.3 Å². The largest absolute Gasteiger partial charge is 0.253 e. The van der Waals surface area contributed by atoms with Gasteiger partial charge in [0.1, 0.15) is 0 Å². The van der Waals surface area contributed by atoms with Crippen LogP contribution in [0.5, 0.6) is 0 Å². The van der Waals surface area contributed by atoms with Gasteiger partial charge in [-0.1, -0.05) is 12.1 Å². The number of aryl methyl sites for hydroxylation is 1. The quantitative estimate of drug-likeness (QED) is 0.866. The van der Waals surface area contributed by atoms with Gasteiger partial charge < -0.3 is 0 Å². The molecule has 88 valence electrons. The smallest absolute Gasteiger partial charge is 0.230 e. The first-order chi connectivity index (χ1) is 7.58. The highest BCUT2D eigenvalue weighted by Crippen LogP contribution is 2.13. The summed E-state index contributed by atoms with van der Waals surface area (Å²) in [7, 11) is -3.39. The molecule has 2 rings (SSSR count). The zero-order valence-electron chi connectivity index (χ0n) is 9.31. The van der Waals surface area contributed by atoms with Crippen LogP contribution in [0.15, 0.2) is 29.2 Å². The summed E-state index contributed by atoms with van der Waals surface area (Å²) in [4.78, 5) is 2.94. The van der Waals surface area contributed by atoms with E-state index in [0.717, 1.165) is 31.5 Å². The monoisotopic (exact) mass is 240 g/mol. The molecule has 0 saturated carbocycles. The van der Waals surface area contributed by atoms with Gasteiger partial charge in [-0.3, -0.25) is 0 Å². The summed E-state index contributed by atoms with van der Waals surface area (Å²) in [5.41, 5.74) is 0.948. The van der Waals surface area contributed by atoms with Crippen LogP contribution in [0.25, 0.3) is 0 Å². The molecule has 0 atom stereocenters. The summed E-state index contributed by atoms with van der Waals surface area (Å²) in [5.74, 6) is 0. The summed E-state index contributed by atoms with van der Waals surface area (Å²) in [6.07, 6.45) is 2.10. The summed E-state index contributed by atoms with van der Waals surface area (Å²) < 4.78 is 24.0. The van der Waals surface area contributed by atoms with Crippen LogP contribution in [0, 0.1) is 6.92 Å². The minimum atomic E-state index is -3.39. The van der Waals surface area contributed by atoms with Gasteiger partial charge in [0.25, 0.3) is 10.0 Å². The van der Waals surface area contributed by atoms with E-state index in [1.165, 1.54) is 0 Å². The maximum Gasteiger partial charge on any atom is 0.253 e. The molecule has 0 aliphatic carbocycles. The molecule has 1 aliphatic heterocycles. The molecule has 0 unspecified atom stereocenters. The second-order valence-electron chi connectivity index (χ2n) is 4.11.